The number of benzene rings is 1. The molecule has 1 aliphatic heterocycles. The largest absolute Gasteiger partial charge is 0.504 e. The number of hydrogen-bond acceptors (Lipinski definition) is 4. The smallest absolute Gasteiger partial charge is 0.160 e. The fraction of sp³-hybridized carbons (Fsp3) is 0.500. The number of phenols is 1. The number of nitrogens with one attached hydrogen (secondary N) is 1. The van der Waals surface area contributed by atoms with Crippen LogP contribution in [0, 0.1) is 0 Å². The van der Waals surface area contributed by atoms with Crippen molar-refractivity contribution >= 4 is 24.8 Å². The first-order chi connectivity index (χ1) is 9.61. The zero-order valence-corrected chi connectivity index (χ0v) is 14.8. The topological polar surface area (TPSA) is 44.7 Å². The van der Waals surface area contributed by atoms with Gasteiger partial charge in [-0.25, -0.2) is 0 Å². The van der Waals surface area contributed by atoms with Gasteiger partial charge in [0.25, 0.3) is 0 Å². The van der Waals surface area contributed by atoms with E-state index < -0.39 is 0 Å². The third-order valence-corrected chi connectivity index (χ3v) is 3.72. The monoisotopic (exact) mass is 348 g/mol. The number of halogens is 2. The molecule has 1 atom stereocenters. The molecule has 1 aromatic rings. The molecule has 1 aliphatic rings. The number of ether oxygens (including phenoxy) is 1. The number of nitrogens with zero attached hydrogens (tertiary/aromatic N) is 1. The van der Waals surface area contributed by atoms with Gasteiger partial charge in [-0.3, -0.25) is 4.90 Å². The molecule has 1 aromatic carbocycles. The molecule has 0 spiro atoms. The SMILES string of the molecule is C=C(C)C[C@H](c1ccc(O)c(OC)c1)N1CCNCC1.Cl.Cl. The van der Waals surface area contributed by atoms with E-state index in [2.05, 4.69) is 23.7 Å². The summed E-state index contributed by atoms with van der Waals surface area (Å²) < 4.78 is 5.22. The molecule has 1 fully saturated rings. The Kier molecular flexibility index (Phi) is 9.53. The van der Waals surface area contributed by atoms with Crippen LogP contribution in [0.4, 0.5) is 0 Å². The standard InChI is InChI=1S/C16H24N2O2.2ClH/c1-12(2)10-14(18-8-6-17-7-9-18)13-4-5-15(19)16(11-13)20-3;;/h4-5,11,14,17,19H,1,6-10H2,2-3H3;2*1H/t14-;;/m1../s1. The van der Waals surface area contributed by atoms with Crippen LogP contribution in [0.15, 0.2) is 30.4 Å². The summed E-state index contributed by atoms with van der Waals surface area (Å²) in [6, 6.07) is 5.92. The van der Waals surface area contributed by atoms with E-state index in [0.717, 1.165) is 32.6 Å². The molecule has 0 aromatic heterocycles. The molecule has 0 aliphatic carbocycles. The van der Waals surface area contributed by atoms with Crippen molar-refractivity contribution in [2.75, 3.05) is 33.3 Å². The van der Waals surface area contributed by atoms with Gasteiger partial charge in [-0.15, -0.1) is 31.4 Å². The Labute approximate surface area is 145 Å². The second kappa shape index (κ2) is 9.95. The Morgan fingerprint density at radius 3 is 2.55 bits per heavy atom. The van der Waals surface area contributed by atoms with E-state index in [9.17, 15) is 5.11 Å². The van der Waals surface area contributed by atoms with Gasteiger partial charge in [0.1, 0.15) is 0 Å². The predicted molar refractivity (Wildman–Crippen MR) is 95.8 cm³/mol. The Hall–Kier alpha value is -0.940. The van der Waals surface area contributed by atoms with Gasteiger partial charge in [0.15, 0.2) is 11.5 Å². The zero-order valence-electron chi connectivity index (χ0n) is 13.2. The molecule has 4 nitrogen and oxygen atoms in total. The van der Waals surface area contributed by atoms with E-state index in [0.29, 0.717) is 11.8 Å². The van der Waals surface area contributed by atoms with Gasteiger partial charge in [0, 0.05) is 32.2 Å². The average Bonchev–Trinajstić information content (AvgIpc) is 2.46. The Morgan fingerprint density at radius 2 is 2.00 bits per heavy atom. The molecular weight excluding hydrogens is 323 g/mol. The summed E-state index contributed by atoms with van der Waals surface area (Å²) >= 11 is 0. The second-order valence-corrected chi connectivity index (χ2v) is 5.39. The van der Waals surface area contributed by atoms with Gasteiger partial charge in [-0.1, -0.05) is 11.6 Å². The summed E-state index contributed by atoms with van der Waals surface area (Å²) in [6.07, 6.45) is 0.925. The highest BCUT2D eigenvalue weighted by Crippen LogP contribution is 2.33. The lowest BCUT2D eigenvalue weighted by atomic mass is 9.97. The molecule has 0 amide bonds. The molecule has 22 heavy (non-hydrogen) atoms. The molecule has 2 N–H and O–H groups in total. The third kappa shape index (κ3) is 5.36. The maximum absolute atomic E-state index is 9.74. The average molecular weight is 349 g/mol. The van der Waals surface area contributed by atoms with E-state index in [1.54, 1.807) is 13.2 Å². The summed E-state index contributed by atoms with van der Waals surface area (Å²) in [6.45, 7) is 10.2. The van der Waals surface area contributed by atoms with Crippen molar-refractivity contribution in [1.29, 1.82) is 0 Å². The summed E-state index contributed by atoms with van der Waals surface area (Å²) in [4.78, 5) is 2.47. The van der Waals surface area contributed by atoms with Crippen LogP contribution in [-0.2, 0) is 0 Å². The van der Waals surface area contributed by atoms with Crippen LogP contribution >= 0.6 is 24.8 Å². The van der Waals surface area contributed by atoms with Gasteiger partial charge >= 0.3 is 0 Å². The summed E-state index contributed by atoms with van der Waals surface area (Å²) in [5.41, 5.74) is 2.34. The number of rotatable bonds is 5. The lowest BCUT2D eigenvalue weighted by Gasteiger charge is -2.35. The van der Waals surface area contributed by atoms with Gasteiger partial charge in [-0.05, 0) is 31.0 Å². The Balaban J connectivity index is 0.00000220. The minimum absolute atomic E-state index is 0. The number of piperazine rings is 1. The van der Waals surface area contributed by atoms with Crippen LogP contribution in [0.1, 0.15) is 24.9 Å². The van der Waals surface area contributed by atoms with E-state index in [1.165, 1.54) is 11.1 Å². The lowest BCUT2D eigenvalue weighted by Crippen LogP contribution is -2.45. The number of hydrogen-bond donors (Lipinski definition) is 2. The van der Waals surface area contributed by atoms with Crippen molar-refractivity contribution < 1.29 is 9.84 Å². The first-order valence-electron chi connectivity index (χ1n) is 7.08. The maximum atomic E-state index is 9.74. The molecule has 126 valence electrons. The minimum Gasteiger partial charge on any atom is -0.504 e. The third-order valence-electron chi connectivity index (χ3n) is 3.72. The molecule has 1 heterocycles. The molecule has 1 saturated heterocycles. The Bertz CT molecular complexity index is 477. The van der Waals surface area contributed by atoms with Crippen molar-refractivity contribution in [2.24, 2.45) is 0 Å². The van der Waals surface area contributed by atoms with Crippen LogP contribution in [0.3, 0.4) is 0 Å². The van der Waals surface area contributed by atoms with Crippen molar-refractivity contribution in [3.63, 3.8) is 0 Å². The number of phenolic OH excluding ortho intramolecular Hbond substituents is 1. The van der Waals surface area contributed by atoms with Crippen LogP contribution in [0.5, 0.6) is 11.5 Å². The van der Waals surface area contributed by atoms with E-state index in [1.807, 2.05) is 12.1 Å². The number of aromatic hydroxyl groups is 1. The molecule has 0 bridgehead atoms. The predicted octanol–water partition coefficient (Wildman–Crippen LogP) is 3.16. The highest BCUT2D eigenvalue weighted by atomic mass is 35.5. The molecule has 6 heteroatoms. The van der Waals surface area contributed by atoms with Crippen molar-refractivity contribution in [2.45, 2.75) is 19.4 Å². The molecule has 0 radical (unpaired) electrons. The van der Waals surface area contributed by atoms with Gasteiger partial charge in [0.05, 0.1) is 7.11 Å². The van der Waals surface area contributed by atoms with E-state index in [4.69, 9.17) is 4.74 Å². The van der Waals surface area contributed by atoms with Crippen LogP contribution in [0.2, 0.25) is 0 Å². The molecular formula is C16H26Cl2N2O2. The first kappa shape index (κ1) is 21.1. The van der Waals surface area contributed by atoms with Gasteiger partial charge in [-0.2, -0.15) is 0 Å². The van der Waals surface area contributed by atoms with E-state index in [-0.39, 0.29) is 30.6 Å². The summed E-state index contributed by atoms with van der Waals surface area (Å²) in [5.74, 6) is 0.718. The highest BCUT2D eigenvalue weighted by Gasteiger charge is 2.23. The van der Waals surface area contributed by atoms with Crippen LogP contribution in [-0.4, -0.2) is 43.3 Å². The fourth-order valence-corrected chi connectivity index (χ4v) is 2.68. The zero-order chi connectivity index (χ0) is 14.5. The first-order valence-corrected chi connectivity index (χ1v) is 7.08. The summed E-state index contributed by atoms with van der Waals surface area (Å²) in [5, 5.41) is 13.1. The molecule has 0 unspecified atom stereocenters. The Morgan fingerprint density at radius 1 is 1.36 bits per heavy atom. The quantitative estimate of drug-likeness (QED) is 0.802. The second-order valence-electron chi connectivity index (χ2n) is 5.39. The van der Waals surface area contributed by atoms with Gasteiger partial charge < -0.3 is 15.2 Å². The van der Waals surface area contributed by atoms with Crippen LogP contribution < -0.4 is 10.1 Å². The highest BCUT2D eigenvalue weighted by molar-refractivity contribution is 5.85. The van der Waals surface area contributed by atoms with Crippen molar-refractivity contribution in [3.05, 3.63) is 35.9 Å². The molecule has 0 saturated carbocycles. The lowest BCUT2D eigenvalue weighted by molar-refractivity contribution is 0.172. The fourth-order valence-electron chi connectivity index (χ4n) is 2.68. The molecule has 2 rings (SSSR count). The van der Waals surface area contributed by atoms with Crippen LogP contribution in [0.25, 0.3) is 0 Å². The van der Waals surface area contributed by atoms with Gasteiger partial charge in [0.2, 0.25) is 0 Å². The summed E-state index contributed by atoms with van der Waals surface area (Å²) in [7, 11) is 1.58. The maximum Gasteiger partial charge on any atom is 0.160 e. The van der Waals surface area contributed by atoms with Crippen molar-refractivity contribution in [3.8, 4) is 11.5 Å². The normalized spacial score (nSPS) is 16.1. The number of methoxy groups -OCH3 is 1. The minimum atomic E-state index is 0. The van der Waals surface area contributed by atoms with Crippen molar-refractivity contribution in [1.82, 2.24) is 10.2 Å². The van der Waals surface area contributed by atoms with E-state index >= 15 is 0 Å².